The van der Waals surface area contributed by atoms with E-state index >= 15 is 0 Å². The average Bonchev–Trinajstić information content (AvgIpc) is 2.15. The van der Waals surface area contributed by atoms with E-state index in [9.17, 15) is 4.79 Å². The maximum Gasteiger partial charge on any atom is 0.276 e. The first-order valence-electron chi connectivity index (χ1n) is 4.12. The summed E-state index contributed by atoms with van der Waals surface area (Å²) >= 11 is 0. The molecule has 0 N–H and O–H groups in total. The zero-order valence-corrected chi connectivity index (χ0v) is 7.16. The molecule has 0 radical (unpaired) electrons. The lowest BCUT2D eigenvalue weighted by Crippen LogP contribution is -2.24. The predicted octanol–water partition coefficient (Wildman–Crippen LogP) is 1.21. The highest BCUT2D eigenvalue weighted by Crippen LogP contribution is 2.22. The van der Waals surface area contributed by atoms with Crippen molar-refractivity contribution in [1.29, 1.82) is 0 Å². The van der Waals surface area contributed by atoms with Gasteiger partial charge < -0.3 is 9.57 Å². The van der Waals surface area contributed by atoms with Gasteiger partial charge in [0.25, 0.3) is 6.08 Å². The van der Waals surface area contributed by atoms with E-state index in [0.29, 0.717) is 6.10 Å². The molecule has 0 aromatic carbocycles. The van der Waals surface area contributed by atoms with Crippen LogP contribution in [0.25, 0.3) is 0 Å². The molecule has 1 saturated carbocycles. The highest BCUT2D eigenvalue weighted by molar-refractivity contribution is 5.31. The van der Waals surface area contributed by atoms with Crippen molar-refractivity contribution in [2.75, 3.05) is 7.11 Å². The van der Waals surface area contributed by atoms with Crippen LogP contribution in [0, 0.1) is 0 Å². The molecule has 0 bridgehead atoms. The number of hydrogen-bond acceptors (Lipinski definition) is 4. The first-order chi connectivity index (χ1) is 5.86. The van der Waals surface area contributed by atoms with Crippen LogP contribution >= 0.6 is 0 Å². The molecule has 0 saturated heterocycles. The summed E-state index contributed by atoms with van der Waals surface area (Å²) in [6, 6.07) is 0. The van der Waals surface area contributed by atoms with Crippen molar-refractivity contribution >= 4 is 6.08 Å². The molecule has 4 nitrogen and oxygen atoms in total. The highest BCUT2D eigenvalue weighted by Gasteiger charge is 2.21. The van der Waals surface area contributed by atoms with E-state index in [1.165, 1.54) is 6.08 Å². The Hall–Kier alpha value is -0.860. The van der Waals surface area contributed by atoms with E-state index in [2.05, 4.69) is 5.16 Å². The van der Waals surface area contributed by atoms with Crippen LogP contribution in [-0.4, -0.2) is 25.4 Å². The second-order valence-corrected chi connectivity index (χ2v) is 2.92. The van der Waals surface area contributed by atoms with Gasteiger partial charge >= 0.3 is 0 Å². The van der Waals surface area contributed by atoms with Crippen LogP contribution in [0.3, 0.4) is 0 Å². The number of rotatable bonds is 3. The van der Waals surface area contributed by atoms with Gasteiger partial charge in [-0.1, -0.05) is 0 Å². The molecular weight excluding hydrogens is 158 g/mol. The standard InChI is InChI=1S/C8H13NO3/c1-11-7-2-4-8(5-3-7)12-9-6-10/h7-8H,2-5H2,1H3. The van der Waals surface area contributed by atoms with Crippen LogP contribution in [0.4, 0.5) is 0 Å². The van der Waals surface area contributed by atoms with E-state index in [1.54, 1.807) is 7.11 Å². The van der Waals surface area contributed by atoms with Gasteiger partial charge in [-0.15, -0.1) is 0 Å². The Bertz CT molecular complexity index is 169. The molecule has 12 heavy (non-hydrogen) atoms. The van der Waals surface area contributed by atoms with Crippen LogP contribution in [0.2, 0.25) is 0 Å². The van der Waals surface area contributed by atoms with Crippen molar-refractivity contribution in [1.82, 2.24) is 0 Å². The van der Waals surface area contributed by atoms with Crippen molar-refractivity contribution in [2.45, 2.75) is 37.9 Å². The minimum atomic E-state index is 0.0813. The third-order valence-corrected chi connectivity index (χ3v) is 2.19. The third-order valence-electron chi connectivity index (χ3n) is 2.19. The Morgan fingerprint density at radius 1 is 1.25 bits per heavy atom. The van der Waals surface area contributed by atoms with Gasteiger partial charge in [-0.25, -0.2) is 4.79 Å². The molecule has 1 aliphatic rings. The molecule has 0 atom stereocenters. The number of carbonyl (C=O) groups excluding carboxylic acids is 1. The molecule has 0 aromatic rings. The van der Waals surface area contributed by atoms with Gasteiger partial charge in [0, 0.05) is 12.3 Å². The van der Waals surface area contributed by atoms with Gasteiger partial charge in [-0.05, 0) is 25.7 Å². The van der Waals surface area contributed by atoms with Crippen LogP contribution in [0.1, 0.15) is 25.7 Å². The largest absolute Gasteiger partial charge is 0.383 e. The van der Waals surface area contributed by atoms with Gasteiger partial charge in [-0.2, -0.15) is 0 Å². The zero-order valence-electron chi connectivity index (χ0n) is 7.16. The summed E-state index contributed by atoms with van der Waals surface area (Å²) in [4.78, 5) is 14.6. The van der Waals surface area contributed by atoms with E-state index in [0.717, 1.165) is 25.7 Å². The summed E-state index contributed by atoms with van der Waals surface area (Å²) in [7, 11) is 1.72. The predicted molar refractivity (Wildman–Crippen MR) is 42.3 cm³/mol. The maximum atomic E-state index is 9.73. The van der Waals surface area contributed by atoms with E-state index in [4.69, 9.17) is 9.57 Å². The molecule has 0 unspecified atom stereocenters. The lowest BCUT2D eigenvalue weighted by Gasteiger charge is -2.25. The van der Waals surface area contributed by atoms with Crippen LogP contribution in [-0.2, 0) is 14.4 Å². The topological polar surface area (TPSA) is 47.9 Å². The molecule has 0 aliphatic heterocycles. The molecule has 0 heterocycles. The number of nitrogens with zero attached hydrogens (tertiary/aromatic N) is 1. The molecule has 68 valence electrons. The molecule has 0 spiro atoms. The minimum Gasteiger partial charge on any atom is -0.383 e. The summed E-state index contributed by atoms with van der Waals surface area (Å²) in [5, 5.41) is 3.10. The summed E-state index contributed by atoms with van der Waals surface area (Å²) in [5.74, 6) is 0. The Morgan fingerprint density at radius 2 is 1.83 bits per heavy atom. The first kappa shape index (κ1) is 9.23. The van der Waals surface area contributed by atoms with Gasteiger partial charge in [-0.3, -0.25) is 0 Å². The number of isocyanates is 1. The summed E-state index contributed by atoms with van der Waals surface area (Å²) in [6.07, 6.45) is 5.57. The van der Waals surface area contributed by atoms with Gasteiger partial charge in [0.15, 0.2) is 0 Å². The number of hydrogen-bond donors (Lipinski definition) is 0. The molecular formula is C8H13NO3. The van der Waals surface area contributed by atoms with E-state index in [-0.39, 0.29) is 6.10 Å². The third kappa shape index (κ3) is 2.64. The smallest absolute Gasteiger partial charge is 0.276 e. The average molecular weight is 171 g/mol. The molecule has 1 rings (SSSR count). The summed E-state index contributed by atoms with van der Waals surface area (Å²) < 4.78 is 5.18. The maximum absolute atomic E-state index is 9.73. The lowest BCUT2D eigenvalue weighted by atomic mass is 9.95. The van der Waals surface area contributed by atoms with Crippen LogP contribution in [0.15, 0.2) is 5.16 Å². The Balaban J connectivity index is 2.21. The van der Waals surface area contributed by atoms with Crippen molar-refractivity contribution < 1.29 is 14.4 Å². The number of ether oxygens (including phenoxy) is 1. The van der Waals surface area contributed by atoms with Gasteiger partial charge in [0.2, 0.25) is 0 Å². The fraction of sp³-hybridized carbons (Fsp3) is 0.875. The quantitative estimate of drug-likeness (QED) is 0.364. The van der Waals surface area contributed by atoms with Crippen molar-refractivity contribution in [3.05, 3.63) is 0 Å². The van der Waals surface area contributed by atoms with Crippen molar-refractivity contribution in [3.63, 3.8) is 0 Å². The Labute approximate surface area is 71.5 Å². The normalized spacial score (nSPS) is 29.1. The van der Waals surface area contributed by atoms with Gasteiger partial charge in [0.1, 0.15) is 6.10 Å². The lowest BCUT2D eigenvalue weighted by molar-refractivity contribution is -0.0143. The molecule has 1 fully saturated rings. The van der Waals surface area contributed by atoms with E-state index in [1.807, 2.05) is 0 Å². The molecule has 1 aliphatic carbocycles. The van der Waals surface area contributed by atoms with Gasteiger partial charge in [0.05, 0.1) is 6.10 Å². The Kier molecular flexibility index (Phi) is 3.77. The van der Waals surface area contributed by atoms with E-state index < -0.39 is 0 Å². The number of methoxy groups -OCH3 is 1. The molecule has 0 amide bonds. The molecule has 0 aromatic heterocycles. The zero-order chi connectivity index (χ0) is 8.81. The van der Waals surface area contributed by atoms with Crippen LogP contribution in [0.5, 0.6) is 0 Å². The van der Waals surface area contributed by atoms with Crippen molar-refractivity contribution in [2.24, 2.45) is 5.16 Å². The molecule has 4 heteroatoms. The fourth-order valence-corrected chi connectivity index (χ4v) is 1.47. The summed E-state index contributed by atoms with van der Waals surface area (Å²) in [6.45, 7) is 0. The second kappa shape index (κ2) is 4.91. The first-order valence-corrected chi connectivity index (χ1v) is 4.12. The Morgan fingerprint density at radius 3 is 2.33 bits per heavy atom. The van der Waals surface area contributed by atoms with Crippen LogP contribution < -0.4 is 0 Å². The minimum absolute atomic E-state index is 0.0813. The SMILES string of the molecule is COC1CCC(ON=C=O)CC1. The fourth-order valence-electron chi connectivity index (χ4n) is 1.47. The van der Waals surface area contributed by atoms with Crippen molar-refractivity contribution in [3.8, 4) is 0 Å². The second-order valence-electron chi connectivity index (χ2n) is 2.92. The summed E-state index contributed by atoms with van der Waals surface area (Å²) in [5.41, 5.74) is 0. The highest BCUT2D eigenvalue weighted by atomic mass is 16.6. The monoisotopic (exact) mass is 171 g/mol.